The highest BCUT2D eigenvalue weighted by Crippen LogP contribution is 2.33. The predicted molar refractivity (Wildman–Crippen MR) is 91.1 cm³/mol. The van der Waals surface area contributed by atoms with Gasteiger partial charge in [-0.15, -0.1) is 11.3 Å². The van der Waals surface area contributed by atoms with Crippen molar-refractivity contribution >= 4 is 37.3 Å². The molecule has 2 rings (SSSR count). The summed E-state index contributed by atoms with van der Waals surface area (Å²) < 4.78 is 28.9. The molecule has 1 aromatic rings. The van der Waals surface area contributed by atoms with Crippen LogP contribution in [0.3, 0.4) is 0 Å². The van der Waals surface area contributed by atoms with Crippen LogP contribution in [-0.2, 0) is 16.6 Å². The fourth-order valence-electron chi connectivity index (χ4n) is 2.96. The number of rotatable bonds is 6. The minimum atomic E-state index is -3.45. The van der Waals surface area contributed by atoms with E-state index in [1.54, 1.807) is 6.07 Å². The van der Waals surface area contributed by atoms with Crippen LogP contribution in [0.2, 0.25) is 0 Å². The summed E-state index contributed by atoms with van der Waals surface area (Å²) in [5.41, 5.74) is 0. The van der Waals surface area contributed by atoms with Crippen LogP contribution in [0.1, 0.15) is 43.9 Å². The Bertz CT molecular complexity index is 572. The van der Waals surface area contributed by atoms with Gasteiger partial charge in [-0.25, -0.2) is 13.1 Å². The van der Waals surface area contributed by atoms with Gasteiger partial charge in [-0.1, -0.05) is 26.2 Å². The summed E-state index contributed by atoms with van der Waals surface area (Å²) in [6.45, 7) is 2.82. The highest BCUT2D eigenvalue weighted by atomic mass is 79.9. The van der Waals surface area contributed by atoms with E-state index in [-0.39, 0.29) is 6.04 Å². The average Bonchev–Trinajstić information content (AvgIpc) is 2.81. The second-order valence-corrected chi connectivity index (χ2v) is 9.70. The van der Waals surface area contributed by atoms with E-state index >= 15 is 0 Å². The highest BCUT2D eigenvalue weighted by molar-refractivity contribution is 9.11. The Labute approximate surface area is 139 Å². The molecule has 0 aromatic carbocycles. The fourth-order valence-corrected chi connectivity index (χ4v) is 6.99. The topological polar surface area (TPSA) is 58.2 Å². The van der Waals surface area contributed by atoms with Gasteiger partial charge in [0.2, 0.25) is 10.0 Å². The van der Waals surface area contributed by atoms with Crippen LogP contribution in [0.5, 0.6) is 0 Å². The van der Waals surface area contributed by atoms with Gasteiger partial charge < -0.3 is 5.32 Å². The van der Waals surface area contributed by atoms with E-state index in [2.05, 4.69) is 32.9 Å². The van der Waals surface area contributed by atoms with Crippen LogP contribution >= 0.6 is 27.3 Å². The van der Waals surface area contributed by atoms with E-state index in [0.717, 1.165) is 30.6 Å². The second kappa shape index (κ2) is 7.55. The van der Waals surface area contributed by atoms with Gasteiger partial charge in [0.1, 0.15) is 4.90 Å². The first-order valence-electron chi connectivity index (χ1n) is 7.43. The SMILES string of the molecule is CCC1CCCCC1NS(=O)(=O)c1cc(CNC)sc1Br. The molecule has 4 nitrogen and oxygen atoms in total. The van der Waals surface area contributed by atoms with Crippen LogP contribution in [0, 0.1) is 5.92 Å². The van der Waals surface area contributed by atoms with E-state index in [4.69, 9.17) is 0 Å². The Morgan fingerprint density at radius 2 is 2.10 bits per heavy atom. The lowest BCUT2D eigenvalue weighted by Gasteiger charge is -2.31. The van der Waals surface area contributed by atoms with Crippen LogP contribution in [0.4, 0.5) is 0 Å². The standard InChI is InChI=1S/C14H23BrN2O2S2/c1-3-10-6-4-5-7-12(10)17-21(18,19)13-8-11(9-16-2)20-14(13)15/h8,10,12,16-17H,3-7,9H2,1-2H3. The van der Waals surface area contributed by atoms with Gasteiger partial charge in [-0.2, -0.15) is 0 Å². The molecule has 2 unspecified atom stereocenters. The van der Waals surface area contributed by atoms with Crippen molar-refractivity contribution in [2.45, 2.75) is 56.5 Å². The zero-order valence-corrected chi connectivity index (χ0v) is 15.7. The molecule has 0 bridgehead atoms. The van der Waals surface area contributed by atoms with E-state index in [9.17, 15) is 8.42 Å². The van der Waals surface area contributed by atoms with Crippen LogP contribution in [-0.4, -0.2) is 21.5 Å². The Morgan fingerprint density at radius 1 is 1.38 bits per heavy atom. The van der Waals surface area contributed by atoms with Gasteiger partial charge >= 0.3 is 0 Å². The van der Waals surface area contributed by atoms with Crippen LogP contribution < -0.4 is 10.0 Å². The lowest BCUT2D eigenvalue weighted by molar-refractivity contribution is 0.282. The molecule has 0 saturated heterocycles. The first kappa shape index (κ1) is 17.4. The summed E-state index contributed by atoms with van der Waals surface area (Å²) in [4.78, 5) is 1.39. The molecule has 2 N–H and O–H groups in total. The van der Waals surface area contributed by atoms with Crippen LogP contribution in [0.15, 0.2) is 14.7 Å². The van der Waals surface area contributed by atoms with Crippen molar-refractivity contribution in [1.82, 2.24) is 10.0 Å². The quantitative estimate of drug-likeness (QED) is 0.776. The van der Waals surface area contributed by atoms with Gasteiger partial charge in [0.25, 0.3) is 0 Å². The number of nitrogens with one attached hydrogen (secondary N) is 2. The average molecular weight is 395 g/mol. The van der Waals surface area contributed by atoms with E-state index in [0.29, 0.717) is 21.1 Å². The monoisotopic (exact) mass is 394 g/mol. The molecular weight excluding hydrogens is 372 g/mol. The summed E-state index contributed by atoms with van der Waals surface area (Å²) in [6, 6.07) is 1.84. The molecule has 0 spiro atoms. The molecule has 1 heterocycles. The molecule has 0 amide bonds. The minimum Gasteiger partial charge on any atom is -0.315 e. The van der Waals surface area contributed by atoms with Crippen molar-refractivity contribution in [3.63, 3.8) is 0 Å². The first-order chi connectivity index (χ1) is 9.97. The number of hydrogen-bond acceptors (Lipinski definition) is 4. The molecule has 21 heavy (non-hydrogen) atoms. The van der Waals surface area contributed by atoms with Crippen LogP contribution in [0.25, 0.3) is 0 Å². The molecule has 7 heteroatoms. The van der Waals surface area contributed by atoms with E-state index < -0.39 is 10.0 Å². The van der Waals surface area contributed by atoms with Crippen molar-refractivity contribution in [1.29, 1.82) is 0 Å². The third-order valence-corrected chi connectivity index (χ3v) is 7.83. The van der Waals surface area contributed by atoms with E-state index in [1.165, 1.54) is 17.8 Å². The normalized spacial score (nSPS) is 23.4. The highest BCUT2D eigenvalue weighted by Gasteiger charge is 2.30. The molecule has 0 aliphatic heterocycles. The zero-order valence-electron chi connectivity index (χ0n) is 12.5. The molecule has 1 saturated carbocycles. The maximum Gasteiger partial charge on any atom is 0.242 e. The molecule has 1 aliphatic rings. The lowest BCUT2D eigenvalue weighted by atomic mass is 9.83. The maximum absolute atomic E-state index is 12.6. The van der Waals surface area contributed by atoms with Gasteiger partial charge in [-0.3, -0.25) is 0 Å². The molecule has 2 atom stereocenters. The summed E-state index contributed by atoms with van der Waals surface area (Å²) in [5.74, 6) is 0.461. The Balaban J connectivity index is 2.17. The fraction of sp³-hybridized carbons (Fsp3) is 0.714. The van der Waals surface area contributed by atoms with Crippen molar-refractivity contribution in [3.8, 4) is 0 Å². The Morgan fingerprint density at radius 3 is 2.76 bits per heavy atom. The van der Waals surface area contributed by atoms with Crippen molar-refractivity contribution < 1.29 is 8.42 Å². The Kier molecular flexibility index (Phi) is 6.25. The largest absolute Gasteiger partial charge is 0.315 e. The molecule has 0 radical (unpaired) electrons. The number of sulfonamides is 1. The molecule has 1 aliphatic carbocycles. The summed E-state index contributed by atoms with van der Waals surface area (Å²) >= 11 is 4.86. The van der Waals surface area contributed by atoms with Gasteiger partial charge in [-0.05, 0) is 47.8 Å². The van der Waals surface area contributed by atoms with Crippen molar-refractivity contribution in [2.24, 2.45) is 5.92 Å². The summed E-state index contributed by atoms with van der Waals surface area (Å²) in [5, 5.41) is 3.05. The van der Waals surface area contributed by atoms with Gasteiger partial charge in [0, 0.05) is 17.5 Å². The molecule has 120 valence electrons. The minimum absolute atomic E-state index is 0.0771. The first-order valence-corrected chi connectivity index (χ1v) is 10.5. The lowest BCUT2D eigenvalue weighted by Crippen LogP contribution is -2.41. The summed E-state index contributed by atoms with van der Waals surface area (Å²) in [7, 11) is -1.59. The zero-order chi connectivity index (χ0) is 15.5. The smallest absolute Gasteiger partial charge is 0.242 e. The molecule has 1 fully saturated rings. The van der Waals surface area contributed by atoms with Crippen molar-refractivity contribution in [3.05, 3.63) is 14.7 Å². The number of hydrogen-bond donors (Lipinski definition) is 2. The predicted octanol–water partition coefficient (Wildman–Crippen LogP) is 3.48. The van der Waals surface area contributed by atoms with E-state index in [1.807, 2.05) is 7.05 Å². The molecular formula is C14H23BrN2O2S2. The number of thiophene rings is 1. The number of halogens is 1. The second-order valence-electron chi connectivity index (χ2n) is 5.56. The third-order valence-electron chi connectivity index (χ3n) is 4.09. The maximum atomic E-state index is 12.6. The summed E-state index contributed by atoms with van der Waals surface area (Å²) in [6.07, 6.45) is 5.43. The van der Waals surface area contributed by atoms with Gasteiger partial charge in [0.05, 0.1) is 3.79 Å². The van der Waals surface area contributed by atoms with Crippen molar-refractivity contribution in [2.75, 3.05) is 7.05 Å². The Hall–Kier alpha value is 0.0500. The third kappa shape index (κ3) is 4.28. The molecule has 1 aromatic heterocycles. The van der Waals surface area contributed by atoms with Gasteiger partial charge in [0.15, 0.2) is 0 Å².